The van der Waals surface area contributed by atoms with Gasteiger partial charge in [0.15, 0.2) is 5.82 Å². The van der Waals surface area contributed by atoms with Gasteiger partial charge in [0.2, 0.25) is 0 Å². The van der Waals surface area contributed by atoms with Gasteiger partial charge in [0.25, 0.3) is 5.89 Å². The molecule has 0 radical (unpaired) electrons. The summed E-state index contributed by atoms with van der Waals surface area (Å²) < 4.78 is 10.9. The normalized spacial score (nSPS) is 17.9. The molecule has 1 aromatic carbocycles. The van der Waals surface area contributed by atoms with Gasteiger partial charge in [-0.3, -0.25) is 4.90 Å². The molecule has 0 saturated carbocycles. The second kappa shape index (κ2) is 8.47. The number of aromatic nitrogens is 2. The predicted molar refractivity (Wildman–Crippen MR) is 90.3 cm³/mol. The molecule has 2 heterocycles. The molecule has 6 heteroatoms. The van der Waals surface area contributed by atoms with E-state index in [1.165, 1.54) is 4.90 Å². The molecule has 23 heavy (non-hydrogen) atoms. The maximum absolute atomic E-state index is 5.58. The number of nitrogens with zero attached hydrogens (tertiary/aromatic N) is 3. The zero-order valence-electron chi connectivity index (χ0n) is 13.5. The van der Waals surface area contributed by atoms with Crippen molar-refractivity contribution >= 4 is 11.8 Å². The molecule has 0 spiro atoms. The highest BCUT2D eigenvalue weighted by molar-refractivity contribution is 7.99. The van der Waals surface area contributed by atoms with Crippen LogP contribution in [-0.2, 0) is 11.3 Å². The number of hydrogen-bond donors (Lipinski definition) is 0. The van der Waals surface area contributed by atoms with Gasteiger partial charge in [0, 0.05) is 23.8 Å². The minimum Gasteiger partial charge on any atom is -0.368 e. The van der Waals surface area contributed by atoms with Crippen LogP contribution in [0, 0.1) is 0 Å². The van der Waals surface area contributed by atoms with E-state index in [4.69, 9.17) is 9.26 Å². The van der Waals surface area contributed by atoms with Crippen molar-refractivity contribution in [3.05, 3.63) is 42.0 Å². The van der Waals surface area contributed by atoms with Gasteiger partial charge in [-0.15, -0.1) is 11.8 Å². The van der Waals surface area contributed by atoms with Crippen LogP contribution in [-0.4, -0.2) is 40.5 Å². The van der Waals surface area contributed by atoms with Crippen LogP contribution in [0.1, 0.15) is 37.6 Å². The highest BCUT2D eigenvalue weighted by Gasteiger charge is 2.24. The Morgan fingerprint density at radius 1 is 1.30 bits per heavy atom. The molecule has 0 aliphatic carbocycles. The van der Waals surface area contributed by atoms with E-state index < -0.39 is 0 Å². The van der Waals surface area contributed by atoms with Gasteiger partial charge in [0.05, 0.1) is 6.54 Å². The smallest absolute Gasteiger partial charge is 0.255 e. The lowest BCUT2D eigenvalue weighted by atomic mass is 10.2. The molecule has 1 aliphatic rings. The van der Waals surface area contributed by atoms with Gasteiger partial charge in [-0.2, -0.15) is 4.98 Å². The van der Waals surface area contributed by atoms with E-state index in [1.807, 2.05) is 17.8 Å². The first kappa shape index (κ1) is 16.5. The monoisotopic (exact) mass is 333 g/mol. The number of benzene rings is 1. The molecule has 1 fully saturated rings. The zero-order chi connectivity index (χ0) is 15.9. The molecule has 1 aliphatic heterocycles. The van der Waals surface area contributed by atoms with Crippen LogP contribution in [0.2, 0.25) is 0 Å². The Kier molecular flexibility index (Phi) is 6.07. The first-order valence-corrected chi connectivity index (χ1v) is 9.18. The van der Waals surface area contributed by atoms with Gasteiger partial charge in [0.1, 0.15) is 6.10 Å². The largest absolute Gasteiger partial charge is 0.368 e. The Morgan fingerprint density at radius 2 is 2.17 bits per heavy atom. The number of hydrogen-bond acceptors (Lipinski definition) is 6. The summed E-state index contributed by atoms with van der Waals surface area (Å²) in [6.45, 7) is 5.65. The van der Waals surface area contributed by atoms with Crippen LogP contribution in [0.15, 0.2) is 39.8 Å². The van der Waals surface area contributed by atoms with Crippen LogP contribution < -0.4 is 0 Å². The molecular formula is C17H23N3O2S. The first-order chi connectivity index (χ1) is 11.3. The Labute approximate surface area is 141 Å². The molecule has 1 aromatic heterocycles. The van der Waals surface area contributed by atoms with Crippen molar-refractivity contribution in [1.82, 2.24) is 15.0 Å². The Bertz CT molecular complexity index is 585. The molecular weight excluding hydrogens is 310 g/mol. The summed E-state index contributed by atoms with van der Waals surface area (Å²) in [5.41, 5.74) is 0. The summed E-state index contributed by atoms with van der Waals surface area (Å²) in [6.07, 6.45) is 2.05. The Balaban J connectivity index is 1.47. The van der Waals surface area contributed by atoms with E-state index in [1.54, 1.807) is 0 Å². The van der Waals surface area contributed by atoms with Crippen LogP contribution in [0.25, 0.3) is 0 Å². The minimum absolute atomic E-state index is 0.0000345. The van der Waals surface area contributed by atoms with Crippen LogP contribution in [0.5, 0.6) is 0 Å². The molecule has 2 aromatic rings. The quantitative estimate of drug-likeness (QED) is 0.689. The summed E-state index contributed by atoms with van der Waals surface area (Å²) in [4.78, 5) is 8.14. The molecule has 3 rings (SSSR count). The molecule has 1 atom stereocenters. The molecule has 0 unspecified atom stereocenters. The van der Waals surface area contributed by atoms with Gasteiger partial charge in [-0.05, 0) is 31.5 Å². The summed E-state index contributed by atoms with van der Waals surface area (Å²) in [7, 11) is 0. The molecule has 0 bridgehead atoms. The van der Waals surface area contributed by atoms with Crippen molar-refractivity contribution in [2.24, 2.45) is 0 Å². The standard InChI is InChI=1S/C17H23N3O2S/c1-2-20(10-12-23-14-7-4-3-5-8-14)13-16-18-17(22-19-16)15-9-6-11-21-15/h3-5,7-8,15H,2,6,9-13H2,1H3/t15-/m1/s1. The third-order valence-electron chi connectivity index (χ3n) is 3.92. The molecule has 124 valence electrons. The second-order valence-electron chi connectivity index (χ2n) is 5.58. The van der Waals surface area contributed by atoms with Gasteiger partial charge in [-0.1, -0.05) is 30.3 Å². The number of ether oxygens (including phenoxy) is 1. The molecule has 0 N–H and O–H groups in total. The topological polar surface area (TPSA) is 51.4 Å². The van der Waals surface area contributed by atoms with Crippen molar-refractivity contribution in [1.29, 1.82) is 0 Å². The first-order valence-electron chi connectivity index (χ1n) is 8.19. The summed E-state index contributed by atoms with van der Waals surface area (Å²) in [5, 5.41) is 4.10. The van der Waals surface area contributed by atoms with Crippen molar-refractivity contribution in [2.45, 2.75) is 37.3 Å². The lowest BCUT2D eigenvalue weighted by Crippen LogP contribution is -2.26. The molecule has 1 saturated heterocycles. The van der Waals surface area contributed by atoms with Crippen molar-refractivity contribution in [3.63, 3.8) is 0 Å². The fraction of sp³-hybridized carbons (Fsp3) is 0.529. The van der Waals surface area contributed by atoms with E-state index in [0.717, 1.165) is 50.7 Å². The van der Waals surface area contributed by atoms with E-state index in [9.17, 15) is 0 Å². The third kappa shape index (κ3) is 4.80. The van der Waals surface area contributed by atoms with Crippen molar-refractivity contribution < 1.29 is 9.26 Å². The average Bonchev–Trinajstić information content (AvgIpc) is 3.26. The maximum atomic E-state index is 5.58. The van der Waals surface area contributed by atoms with Gasteiger partial charge in [-0.25, -0.2) is 0 Å². The molecule has 5 nitrogen and oxygen atoms in total. The predicted octanol–water partition coefficient (Wildman–Crippen LogP) is 3.54. The van der Waals surface area contributed by atoms with E-state index in [2.05, 4.69) is 46.2 Å². The second-order valence-corrected chi connectivity index (χ2v) is 6.75. The van der Waals surface area contributed by atoms with Gasteiger partial charge < -0.3 is 9.26 Å². The third-order valence-corrected chi connectivity index (χ3v) is 4.91. The van der Waals surface area contributed by atoms with Crippen molar-refractivity contribution in [3.8, 4) is 0 Å². The highest BCUT2D eigenvalue weighted by Crippen LogP contribution is 2.27. The Hall–Kier alpha value is -1.37. The van der Waals surface area contributed by atoms with E-state index in [-0.39, 0.29) is 6.10 Å². The fourth-order valence-electron chi connectivity index (χ4n) is 2.59. The van der Waals surface area contributed by atoms with E-state index >= 15 is 0 Å². The highest BCUT2D eigenvalue weighted by atomic mass is 32.2. The van der Waals surface area contributed by atoms with Gasteiger partial charge >= 0.3 is 0 Å². The van der Waals surface area contributed by atoms with Crippen LogP contribution in [0.3, 0.4) is 0 Å². The SMILES string of the molecule is CCN(CCSc1ccccc1)Cc1noc([C@H]2CCCO2)n1. The summed E-state index contributed by atoms with van der Waals surface area (Å²) >= 11 is 1.87. The van der Waals surface area contributed by atoms with Crippen LogP contribution >= 0.6 is 11.8 Å². The number of thioether (sulfide) groups is 1. The van der Waals surface area contributed by atoms with E-state index in [0.29, 0.717) is 5.89 Å². The fourth-order valence-corrected chi connectivity index (χ4v) is 3.53. The Morgan fingerprint density at radius 3 is 2.91 bits per heavy atom. The van der Waals surface area contributed by atoms with Crippen molar-refractivity contribution in [2.75, 3.05) is 25.4 Å². The lowest BCUT2D eigenvalue weighted by molar-refractivity contribution is 0.0835. The zero-order valence-corrected chi connectivity index (χ0v) is 14.3. The van der Waals surface area contributed by atoms with Crippen LogP contribution in [0.4, 0.5) is 0 Å². The summed E-state index contributed by atoms with van der Waals surface area (Å²) in [6, 6.07) is 10.5. The molecule has 0 amide bonds. The lowest BCUT2D eigenvalue weighted by Gasteiger charge is -2.17. The average molecular weight is 333 g/mol. The maximum Gasteiger partial charge on any atom is 0.255 e. The summed E-state index contributed by atoms with van der Waals surface area (Å²) in [5.74, 6) is 2.43. The number of rotatable bonds is 8. The minimum atomic E-state index is -0.0000345.